The molecule has 0 bridgehead atoms. The lowest BCUT2D eigenvalue weighted by atomic mass is 10.1. The minimum atomic E-state index is -0.109. The van der Waals surface area contributed by atoms with Gasteiger partial charge in [-0.3, -0.25) is 4.79 Å². The Bertz CT molecular complexity index is 603. The molecule has 0 radical (unpaired) electrons. The smallest absolute Gasteiger partial charge is 0.252 e. The Hall–Kier alpha value is -1.26. The van der Waals surface area contributed by atoms with Crippen molar-refractivity contribution >= 4 is 40.2 Å². The Labute approximate surface area is 121 Å². The third-order valence-electron chi connectivity index (χ3n) is 2.72. The highest BCUT2D eigenvalue weighted by atomic mass is 35.5. The molecule has 100 valence electrons. The molecule has 1 aromatic heterocycles. The first-order valence-electron chi connectivity index (χ1n) is 5.97. The summed E-state index contributed by atoms with van der Waals surface area (Å²) in [4.78, 5) is 16.5. The fourth-order valence-corrected chi connectivity index (χ4v) is 2.71. The Balaban J connectivity index is 2.36. The summed E-state index contributed by atoms with van der Waals surface area (Å²) in [6.45, 7) is 1.99. The van der Waals surface area contributed by atoms with Crippen LogP contribution in [-0.4, -0.2) is 28.9 Å². The van der Waals surface area contributed by atoms with Gasteiger partial charge in [0.05, 0.1) is 11.1 Å². The van der Waals surface area contributed by atoms with E-state index in [0.717, 1.165) is 16.7 Å². The summed E-state index contributed by atoms with van der Waals surface area (Å²) in [6.07, 6.45) is 2.02. The number of aromatic nitrogens is 1. The standard InChI is InChI=1S/C14H15ClN2OS/c1-9(8-19-2)16-14(18)11-7-13(15)17-12-6-4-3-5-10(11)12/h3-7,9H,8H2,1-2H3,(H,16,18). The van der Waals surface area contributed by atoms with Crippen molar-refractivity contribution in [2.45, 2.75) is 13.0 Å². The van der Waals surface area contributed by atoms with Gasteiger partial charge in [-0.15, -0.1) is 0 Å². The predicted molar refractivity (Wildman–Crippen MR) is 82.1 cm³/mol. The Morgan fingerprint density at radius 1 is 1.47 bits per heavy atom. The van der Waals surface area contributed by atoms with Crippen LogP contribution in [0.15, 0.2) is 30.3 Å². The summed E-state index contributed by atoms with van der Waals surface area (Å²) in [5.41, 5.74) is 1.31. The van der Waals surface area contributed by atoms with E-state index in [2.05, 4.69) is 10.3 Å². The zero-order chi connectivity index (χ0) is 13.8. The number of para-hydroxylation sites is 1. The van der Waals surface area contributed by atoms with Gasteiger partial charge in [0.2, 0.25) is 0 Å². The number of amides is 1. The van der Waals surface area contributed by atoms with Gasteiger partial charge >= 0.3 is 0 Å². The summed E-state index contributed by atoms with van der Waals surface area (Å²) in [6, 6.07) is 9.23. The molecule has 1 amide bonds. The molecule has 3 nitrogen and oxygen atoms in total. The molecule has 0 fully saturated rings. The van der Waals surface area contributed by atoms with E-state index in [9.17, 15) is 4.79 Å². The van der Waals surface area contributed by atoms with E-state index in [0.29, 0.717) is 10.7 Å². The minimum absolute atomic E-state index is 0.109. The first-order chi connectivity index (χ1) is 9.11. The van der Waals surface area contributed by atoms with Gasteiger partial charge in [0, 0.05) is 17.2 Å². The highest BCUT2D eigenvalue weighted by Gasteiger charge is 2.14. The van der Waals surface area contributed by atoms with Crippen molar-refractivity contribution < 1.29 is 4.79 Å². The van der Waals surface area contributed by atoms with Crippen LogP contribution in [0.25, 0.3) is 10.9 Å². The van der Waals surface area contributed by atoms with Crippen LogP contribution < -0.4 is 5.32 Å². The van der Waals surface area contributed by atoms with E-state index in [-0.39, 0.29) is 11.9 Å². The van der Waals surface area contributed by atoms with Crippen LogP contribution in [0.4, 0.5) is 0 Å². The van der Waals surface area contributed by atoms with Crippen molar-refractivity contribution in [1.82, 2.24) is 10.3 Å². The molecule has 0 saturated heterocycles. The molecular formula is C14H15ClN2OS. The van der Waals surface area contributed by atoms with E-state index < -0.39 is 0 Å². The lowest BCUT2D eigenvalue weighted by molar-refractivity contribution is 0.0945. The molecule has 1 aromatic carbocycles. The fraction of sp³-hybridized carbons (Fsp3) is 0.286. The average Bonchev–Trinajstić information content (AvgIpc) is 2.37. The lowest BCUT2D eigenvalue weighted by Crippen LogP contribution is -2.34. The molecule has 1 unspecified atom stereocenters. The first kappa shape index (κ1) is 14.2. The highest BCUT2D eigenvalue weighted by Crippen LogP contribution is 2.20. The lowest BCUT2D eigenvalue weighted by Gasteiger charge is -2.13. The maximum absolute atomic E-state index is 12.3. The normalized spacial score (nSPS) is 12.4. The monoisotopic (exact) mass is 294 g/mol. The predicted octanol–water partition coefficient (Wildman–Crippen LogP) is 3.37. The number of nitrogens with one attached hydrogen (secondary N) is 1. The van der Waals surface area contributed by atoms with E-state index in [1.54, 1.807) is 17.8 Å². The quantitative estimate of drug-likeness (QED) is 0.879. The van der Waals surface area contributed by atoms with E-state index in [1.807, 2.05) is 37.4 Å². The number of hydrogen-bond donors (Lipinski definition) is 1. The molecule has 0 aliphatic heterocycles. The Kier molecular flexibility index (Phi) is 4.66. The molecule has 1 atom stereocenters. The minimum Gasteiger partial charge on any atom is -0.349 e. The SMILES string of the molecule is CSCC(C)NC(=O)c1cc(Cl)nc2ccccc12. The topological polar surface area (TPSA) is 42.0 Å². The first-order valence-corrected chi connectivity index (χ1v) is 7.74. The van der Waals surface area contributed by atoms with E-state index in [4.69, 9.17) is 11.6 Å². The number of benzene rings is 1. The molecule has 19 heavy (non-hydrogen) atoms. The maximum atomic E-state index is 12.3. The third kappa shape index (κ3) is 3.39. The number of halogens is 1. The number of hydrogen-bond acceptors (Lipinski definition) is 3. The Morgan fingerprint density at radius 3 is 2.95 bits per heavy atom. The van der Waals surface area contributed by atoms with Gasteiger partial charge in [-0.25, -0.2) is 4.98 Å². The molecule has 2 aromatic rings. The number of nitrogens with zero attached hydrogens (tertiary/aromatic N) is 1. The van der Waals surface area contributed by atoms with Gasteiger partial charge in [-0.05, 0) is 25.3 Å². The van der Waals surface area contributed by atoms with Gasteiger partial charge in [-0.2, -0.15) is 11.8 Å². The van der Waals surface area contributed by atoms with Gasteiger partial charge < -0.3 is 5.32 Å². The second-order valence-corrected chi connectivity index (χ2v) is 5.64. The number of pyridine rings is 1. The number of carbonyl (C=O) groups excluding carboxylic acids is 1. The van der Waals surface area contributed by atoms with E-state index in [1.165, 1.54) is 0 Å². The fourth-order valence-electron chi connectivity index (χ4n) is 1.92. The van der Waals surface area contributed by atoms with Crippen molar-refractivity contribution in [3.63, 3.8) is 0 Å². The molecule has 2 rings (SSSR count). The summed E-state index contributed by atoms with van der Waals surface area (Å²) < 4.78 is 0. The van der Waals surface area contributed by atoms with Gasteiger partial charge in [-0.1, -0.05) is 29.8 Å². The van der Waals surface area contributed by atoms with Crippen LogP contribution in [-0.2, 0) is 0 Å². The molecule has 0 aliphatic rings. The molecular weight excluding hydrogens is 280 g/mol. The molecule has 5 heteroatoms. The van der Waals surface area contributed by atoms with Crippen molar-refractivity contribution in [2.75, 3.05) is 12.0 Å². The van der Waals surface area contributed by atoms with Crippen molar-refractivity contribution in [3.8, 4) is 0 Å². The molecule has 1 N–H and O–H groups in total. The van der Waals surface area contributed by atoms with Crippen LogP contribution in [0.5, 0.6) is 0 Å². The number of fused-ring (bicyclic) bond motifs is 1. The summed E-state index contributed by atoms with van der Waals surface area (Å²) >= 11 is 7.67. The van der Waals surface area contributed by atoms with E-state index >= 15 is 0 Å². The van der Waals surface area contributed by atoms with Crippen molar-refractivity contribution in [1.29, 1.82) is 0 Å². The average molecular weight is 295 g/mol. The van der Waals surface area contributed by atoms with Crippen LogP contribution >= 0.6 is 23.4 Å². The van der Waals surface area contributed by atoms with Gasteiger partial charge in [0.15, 0.2) is 0 Å². The molecule has 1 heterocycles. The van der Waals surface area contributed by atoms with Crippen LogP contribution in [0.2, 0.25) is 5.15 Å². The van der Waals surface area contributed by atoms with Crippen LogP contribution in [0, 0.1) is 0 Å². The van der Waals surface area contributed by atoms with Gasteiger partial charge in [0.25, 0.3) is 5.91 Å². The molecule has 0 aliphatic carbocycles. The number of thioether (sulfide) groups is 1. The molecule has 0 saturated carbocycles. The Morgan fingerprint density at radius 2 is 2.21 bits per heavy atom. The number of rotatable bonds is 4. The van der Waals surface area contributed by atoms with Crippen LogP contribution in [0.3, 0.4) is 0 Å². The summed E-state index contributed by atoms with van der Waals surface area (Å²) in [5, 5.41) is 4.13. The number of carbonyl (C=O) groups is 1. The largest absolute Gasteiger partial charge is 0.349 e. The zero-order valence-corrected chi connectivity index (χ0v) is 12.4. The second-order valence-electron chi connectivity index (χ2n) is 4.34. The zero-order valence-electron chi connectivity index (χ0n) is 10.8. The summed E-state index contributed by atoms with van der Waals surface area (Å²) in [7, 11) is 0. The van der Waals surface area contributed by atoms with Crippen molar-refractivity contribution in [3.05, 3.63) is 41.0 Å². The maximum Gasteiger partial charge on any atom is 0.252 e. The highest BCUT2D eigenvalue weighted by molar-refractivity contribution is 7.98. The summed E-state index contributed by atoms with van der Waals surface area (Å²) in [5.74, 6) is 0.768. The molecule has 0 spiro atoms. The van der Waals surface area contributed by atoms with Crippen LogP contribution in [0.1, 0.15) is 17.3 Å². The third-order valence-corrected chi connectivity index (χ3v) is 3.75. The second kappa shape index (κ2) is 6.26. The van der Waals surface area contributed by atoms with Crippen molar-refractivity contribution in [2.24, 2.45) is 0 Å². The van der Waals surface area contributed by atoms with Gasteiger partial charge in [0.1, 0.15) is 5.15 Å².